The Morgan fingerprint density at radius 3 is 2.33 bits per heavy atom. The Kier molecular flexibility index (Phi) is 5.56. The van der Waals surface area contributed by atoms with E-state index < -0.39 is 6.10 Å². The molecular weight excluding hydrogens is 266 g/mol. The molecule has 0 fully saturated rings. The van der Waals surface area contributed by atoms with E-state index in [0.29, 0.717) is 18.8 Å². The van der Waals surface area contributed by atoms with Crippen molar-refractivity contribution < 1.29 is 14.6 Å². The van der Waals surface area contributed by atoms with Crippen LogP contribution in [0, 0.1) is 6.92 Å². The van der Waals surface area contributed by atoms with Crippen LogP contribution in [-0.4, -0.2) is 28.2 Å². The highest BCUT2D eigenvalue weighted by molar-refractivity contribution is 5.23. The maximum Gasteiger partial charge on any atom is 0.129 e. The molecule has 0 bridgehead atoms. The van der Waals surface area contributed by atoms with E-state index in [-0.39, 0.29) is 6.61 Å². The van der Waals surface area contributed by atoms with Crippen molar-refractivity contribution in [2.75, 3.05) is 13.1 Å². The molecule has 2 aromatic rings. The smallest absolute Gasteiger partial charge is 0.129 e. The molecule has 2 N–H and O–H groups in total. The van der Waals surface area contributed by atoms with Gasteiger partial charge in [0.1, 0.15) is 18.1 Å². The third-order valence-electron chi connectivity index (χ3n) is 3.59. The van der Waals surface area contributed by atoms with Gasteiger partial charge in [-0.1, -0.05) is 36.8 Å². The zero-order chi connectivity index (χ0) is 15.2. The molecule has 0 saturated carbocycles. The number of nitrogens with zero attached hydrogens (tertiary/aromatic N) is 1. The largest absolute Gasteiger partial charge is 0.462 e. The van der Waals surface area contributed by atoms with Gasteiger partial charge in [0.05, 0.1) is 12.6 Å². The zero-order valence-corrected chi connectivity index (χ0v) is 12.6. The quantitative estimate of drug-likeness (QED) is 0.822. The standard InChI is InChI=1S/C17H23NO3/c1-3-18(10-15-8-9-16(12-19)21-15)11-17(20)14-6-4-13(2)5-7-14/h4-9,17,19-20H,3,10-12H2,1-2H3. The van der Waals surface area contributed by atoms with Crippen molar-refractivity contribution in [3.8, 4) is 0 Å². The zero-order valence-electron chi connectivity index (χ0n) is 12.6. The van der Waals surface area contributed by atoms with Crippen molar-refractivity contribution in [3.05, 3.63) is 59.0 Å². The van der Waals surface area contributed by atoms with Crippen LogP contribution < -0.4 is 0 Å². The van der Waals surface area contributed by atoms with Gasteiger partial charge in [-0.2, -0.15) is 0 Å². The summed E-state index contributed by atoms with van der Waals surface area (Å²) in [6.07, 6.45) is -0.516. The number of aliphatic hydroxyl groups is 2. The average molecular weight is 289 g/mol. The highest BCUT2D eigenvalue weighted by Gasteiger charge is 2.14. The molecule has 0 spiro atoms. The Morgan fingerprint density at radius 1 is 1.10 bits per heavy atom. The van der Waals surface area contributed by atoms with Gasteiger partial charge in [-0.15, -0.1) is 0 Å². The highest BCUT2D eigenvalue weighted by atomic mass is 16.4. The molecule has 1 unspecified atom stereocenters. The molecule has 0 amide bonds. The molecule has 21 heavy (non-hydrogen) atoms. The van der Waals surface area contributed by atoms with E-state index in [0.717, 1.165) is 17.9 Å². The summed E-state index contributed by atoms with van der Waals surface area (Å²) < 4.78 is 5.49. The van der Waals surface area contributed by atoms with Crippen LogP contribution in [0.2, 0.25) is 0 Å². The summed E-state index contributed by atoms with van der Waals surface area (Å²) >= 11 is 0. The van der Waals surface area contributed by atoms with E-state index in [1.807, 2.05) is 37.3 Å². The van der Waals surface area contributed by atoms with Crippen LogP contribution in [0.1, 0.15) is 35.7 Å². The summed E-state index contributed by atoms with van der Waals surface area (Å²) in [4.78, 5) is 2.12. The second kappa shape index (κ2) is 7.41. The van der Waals surface area contributed by atoms with E-state index in [1.165, 1.54) is 5.56 Å². The fourth-order valence-corrected chi connectivity index (χ4v) is 2.26. The van der Waals surface area contributed by atoms with E-state index in [9.17, 15) is 5.11 Å². The van der Waals surface area contributed by atoms with Gasteiger partial charge in [-0.25, -0.2) is 0 Å². The molecule has 0 aliphatic heterocycles. The van der Waals surface area contributed by atoms with Gasteiger partial charge in [0, 0.05) is 6.54 Å². The molecule has 1 aromatic carbocycles. The van der Waals surface area contributed by atoms with Gasteiger partial charge in [0.15, 0.2) is 0 Å². The monoisotopic (exact) mass is 289 g/mol. The van der Waals surface area contributed by atoms with Crippen LogP contribution in [0.4, 0.5) is 0 Å². The maximum absolute atomic E-state index is 10.3. The third-order valence-corrected chi connectivity index (χ3v) is 3.59. The molecule has 4 nitrogen and oxygen atoms in total. The van der Waals surface area contributed by atoms with E-state index >= 15 is 0 Å². The van der Waals surface area contributed by atoms with Crippen molar-refractivity contribution in [3.63, 3.8) is 0 Å². The van der Waals surface area contributed by atoms with Gasteiger partial charge in [-0.05, 0) is 31.2 Å². The number of benzene rings is 1. The molecule has 0 saturated heterocycles. The number of likely N-dealkylation sites (N-methyl/N-ethyl adjacent to an activating group) is 1. The molecule has 1 aromatic heterocycles. The second-order valence-corrected chi connectivity index (χ2v) is 5.28. The predicted octanol–water partition coefficient (Wildman–Crippen LogP) is 2.64. The lowest BCUT2D eigenvalue weighted by atomic mass is 10.1. The molecule has 0 radical (unpaired) electrons. The number of furan rings is 1. The van der Waals surface area contributed by atoms with Gasteiger partial charge in [0.25, 0.3) is 0 Å². The predicted molar refractivity (Wildman–Crippen MR) is 81.7 cm³/mol. The van der Waals surface area contributed by atoms with Crippen molar-refractivity contribution in [1.82, 2.24) is 4.90 Å². The molecule has 0 aliphatic rings. The van der Waals surface area contributed by atoms with E-state index in [2.05, 4.69) is 11.8 Å². The first-order valence-corrected chi connectivity index (χ1v) is 7.27. The number of hydrogen-bond acceptors (Lipinski definition) is 4. The van der Waals surface area contributed by atoms with E-state index in [1.54, 1.807) is 6.07 Å². The summed E-state index contributed by atoms with van der Waals surface area (Å²) in [5.41, 5.74) is 2.11. The second-order valence-electron chi connectivity index (χ2n) is 5.28. The Hall–Kier alpha value is -1.62. The van der Waals surface area contributed by atoms with Gasteiger partial charge >= 0.3 is 0 Å². The minimum atomic E-state index is -0.516. The first-order valence-electron chi connectivity index (χ1n) is 7.27. The minimum Gasteiger partial charge on any atom is -0.462 e. The molecular formula is C17H23NO3. The number of rotatable bonds is 7. The molecule has 114 valence electrons. The minimum absolute atomic E-state index is 0.0852. The maximum atomic E-state index is 10.3. The molecule has 1 heterocycles. The normalized spacial score (nSPS) is 12.8. The Bertz CT molecular complexity index is 547. The molecule has 2 rings (SSSR count). The van der Waals surface area contributed by atoms with Crippen LogP contribution >= 0.6 is 0 Å². The average Bonchev–Trinajstić information content (AvgIpc) is 2.94. The number of aryl methyl sites for hydroxylation is 1. The van der Waals surface area contributed by atoms with Crippen LogP contribution in [0.3, 0.4) is 0 Å². The first kappa shape index (κ1) is 15.8. The Labute approximate surface area is 125 Å². The lowest BCUT2D eigenvalue weighted by Gasteiger charge is -2.23. The summed E-state index contributed by atoms with van der Waals surface area (Å²) in [7, 11) is 0. The first-order chi connectivity index (χ1) is 10.1. The van der Waals surface area contributed by atoms with Crippen molar-refractivity contribution in [2.45, 2.75) is 33.1 Å². The van der Waals surface area contributed by atoms with E-state index in [4.69, 9.17) is 9.52 Å². The lowest BCUT2D eigenvalue weighted by molar-refractivity contribution is 0.107. The summed E-state index contributed by atoms with van der Waals surface area (Å²) in [6, 6.07) is 11.6. The van der Waals surface area contributed by atoms with Crippen molar-refractivity contribution in [2.24, 2.45) is 0 Å². The Morgan fingerprint density at radius 2 is 1.76 bits per heavy atom. The van der Waals surface area contributed by atoms with Gasteiger partial charge < -0.3 is 14.6 Å². The lowest BCUT2D eigenvalue weighted by Crippen LogP contribution is -2.28. The summed E-state index contributed by atoms with van der Waals surface area (Å²) in [5.74, 6) is 1.37. The summed E-state index contributed by atoms with van der Waals surface area (Å²) in [6.45, 7) is 5.99. The number of aliphatic hydroxyl groups excluding tert-OH is 2. The fourth-order valence-electron chi connectivity index (χ4n) is 2.26. The van der Waals surface area contributed by atoms with Crippen LogP contribution in [0.25, 0.3) is 0 Å². The SMILES string of the molecule is CCN(Cc1ccc(CO)o1)CC(O)c1ccc(C)cc1. The van der Waals surface area contributed by atoms with Crippen LogP contribution in [0.15, 0.2) is 40.8 Å². The van der Waals surface area contributed by atoms with Crippen LogP contribution in [0.5, 0.6) is 0 Å². The topological polar surface area (TPSA) is 56.8 Å². The fraction of sp³-hybridized carbons (Fsp3) is 0.412. The van der Waals surface area contributed by atoms with Gasteiger partial charge in [0.2, 0.25) is 0 Å². The Balaban J connectivity index is 1.96. The van der Waals surface area contributed by atoms with Crippen molar-refractivity contribution in [1.29, 1.82) is 0 Å². The molecule has 1 atom stereocenters. The van der Waals surface area contributed by atoms with Crippen LogP contribution in [-0.2, 0) is 13.2 Å². The highest BCUT2D eigenvalue weighted by Crippen LogP contribution is 2.17. The summed E-state index contributed by atoms with van der Waals surface area (Å²) in [5, 5.41) is 19.3. The number of hydrogen-bond donors (Lipinski definition) is 2. The molecule has 4 heteroatoms. The van der Waals surface area contributed by atoms with Gasteiger partial charge in [-0.3, -0.25) is 4.90 Å². The molecule has 0 aliphatic carbocycles. The third kappa shape index (κ3) is 4.43. The van der Waals surface area contributed by atoms with Crippen molar-refractivity contribution >= 4 is 0 Å².